The molecule has 4 rings (SSSR count). The summed E-state index contributed by atoms with van der Waals surface area (Å²) in [7, 11) is 0. The van der Waals surface area contributed by atoms with Crippen LogP contribution in [0.1, 0.15) is 28.5 Å². The van der Waals surface area contributed by atoms with E-state index >= 15 is 0 Å². The summed E-state index contributed by atoms with van der Waals surface area (Å²) in [6.45, 7) is 1.23. The molecule has 0 spiro atoms. The summed E-state index contributed by atoms with van der Waals surface area (Å²) in [5.41, 5.74) is 2.54. The summed E-state index contributed by atoms with van der Waals surface area (Å²) in [4.78, 5) is 13.7. The van der Waals surface area contributed by atoms with Crippen LogP contribution in [0.3, 0.4) is 0 Å². The number of aromatic amines is 1. The summed E-state index contributed by atoms with van der Waals surface area (Å²) >= 11 is 11.9. The Morgan fingerprint density at radius 2 is 1.87 bits per heavy atom. The molecule has 31 heavy (non-hydrogen) atoms. The van der Waals surface area contributed by atoms with E-state index < -0.39 is 17.8 Å². The maximum atomic E-state index is 13.0. The molecule has 0 radical (unpaired) electrons. The number of carbonyl (C=O) groups is 1. The van der Waals surface area contributed by atoms with Crippen molar-refractivity contribution in [1.29, 1.82) is 0 Å². The Hall–Kier alpha value is -2.26. The fraction of sp³-hybridized carbons (Fsp3) is 0.286. The summed E-state index contributed by atoms with van der Waals surface area (Å²) in [5, 5.41) is 19.1. The van der Waals surface area contributed by atoms with Gasteiger partial charge < -0.3 is 15.2 Å². The van der Waals surface area contributed by atoms with Gasteiger partial charge in [-0.15, -0.1) is 0 Å². The van der Waals surface area contributed by atoms with Crippen LogP contribution in [-0.2, 0) is 23.9 Å². The fourth-order valence-corrected chi connectivity index (χ4v) is 4.16. The number of aliphatic hydroxyl groups excluding tert-OH is 1. The van der Waals surface area contributed by atoms with Crippen LogP contribution < -0.4 is 0 Å². The van der Waals surface area contributed by atoms with E-state index in [9.17, 15) is 18.3 Å². The highest BCUT2D eigenvalue weighted by Gasteiger charge is 2.32. The Balaban J connectivity index is 0.000000858. The maximum absolute atomic E-state index is 13.0. The van der Waals surface area contributed by atoms with Gasteiger partial charge in [0, 0.05) is 46.3 Å². The lowest BCUT2D eigenvalue weighted by atomic mass is 10.0. The lowest BCUT2D eigenvalue weighted by Gasteiger charge is -2.29. The number of nitrogens with zero attached hydrogens (tertiary/aromatic N) is 1. The number of alkyl halides is 3. The number of nitrogens with one attached hydrogen (secondary N) is 1. The fourth-order valence-electron chi connectivity index (χ4n) is 3.74. The van der Waals surface area contributed by atoms with Crippen LogP contribution in [0, 0.1) is 0 Å². The quantitative estimate of drug-likeness (QED) is 0.451. The first-order valence-corrected chi connectivity index (χ1v) is 10.0. The summed E-state index contributed by atoms with van der Waals surface area (Å²) in [5.74, 6) is 0. The molecule has 1 unspecified atom stereocenters. The topological polar surface area (TPSA) is 76.6 Å². The SMILES string of the molecule is O=CO.OC(CN1CCc2c([nH]c3ccc(Cl)cc23)C1)c1cc(Cl)cc(C(F)(F)F)c1. The van der Waals surface area contributed by atoms with Gasteiger partial charge in [0.05, 0.1) is 11.7 Å². The van der Waals surface area contributed by atoms with Gasteiger partial charge in [-0.25, -0.2) is 0 Å². The van der Waals surface area contributed by atoms with Crippen molar-refractivity contribution in [2.24, 2.45) is 0 Å². The first-order valence-electron chi connectivity index (χ1n) is 9.27. The van der Waals surface area contributed by atoms with Crippen molar-refractivity contribution in [3.63, 3.8) is 0 Å². The monoisotopic (exact) mass is 474 g/mol. The zero-order valence-corrected chi connectivity index (χ0v) is 17.6. The van der Waals surface area contributed by atoms with Gasteiger partial charge in [-0.2, -0.15) is 13.2 Å². The standard InChI is InChI=1S/C20H17Cl2F3N2O.CH2O2/c21-13-1-2-17-16(8-13)15-3-4-27(9-18(15)26-17)10-19(28)11-5-12(20(23,24)25)7-14(22)6-11;2-1-3/h1-2,5-8,19,26,28H,3-4,9-10H2;1H,(H,2,3). The van der Waals surface area contributed by atoms with E-state index in [0.717, 1.165) is 35.2 Å². The van der Waals surface area contributed by atoms with E-state index in [1.165, 1.54) is 11.6 Å². The molecule has 10 heteroatoms. The summed E-state index contributed by atoms with van der Waals surface area (Å²) < 4.78 is 39.0. The molecule has 1 atom stereocenters. The number of hydrogen-bond acceptors (Lipinski definition) is 3. The zero-order chi connectivity index (χ0) is 22.8. The van der Waals surface area contributed by atoms with Gasteiger partial charge >= 0.3 is 6.18 Å². The van der Waals surface area contributed by atoms with E-state index in [-0.39, 0.29) is 23.6 Å². The third-order valence-electron chi connectivity index (χ3n) is 5.08. The lowest BCUT2D eigenvalue weighted by molar-refractivity contribution is -0.137. The van der Waals surface area contributed by atoms with Crippen molar-refractivity contribution in [3.05, 3.63) is 68.8 Å². The minimum Gasteiger partial charge on any atom is -0.483 e. The second-order valence-corrected chi connectivity index (χ2v) is 8.02. The van der Waals surface area contributed by atoms with E-state index in [4.69, 9.17) is 33.1 Å². The van der Waals surface area contributed by atoms with Crippen LogP contribution >= 0.6 is 23.2 Å². The van der Waals surface area contributed by atoms with Crippen molar-refractivity contribution in [2.75, 3.05) is 13.1 Å². The van der Waals surface area contributed by atoms with Gasteiger partial charge in [-0.05, 0) is 53.9 Å². The molecule has 0 saturated carbocycles. The first kappa shape index (κ1) is 23.4. The van der Waals surface area contributed by atoms with E-state index in [1.807, 2.05) is 23.1 Å². The highest BCUT2D eigenvalue weighted by molar-refractivity contribution is 6.31. The molecule has 5 nitrogen and oxygen atoms in total. The number of rotatable bonds is 3. The highest BCUT2D eigenvalue weighted by atomic mass is 35.5. The van der Waals surface area contributed by atoms with Crippen molar-refractivity contribution < 1.29 is 28.2 Å². The molecule has 0 aliphatic carbocycles. The Morgan fingerprint density at radius 3 is 2.55 bits per heavy atom. The molecule has 0 saturated heterocycles. The van der Waals surface area contributed by atoms with Gasteiger partial charge in [0.15, 0.2) is 0 Å². The number of β-amino-alcohol motifs (C(OH)–C–C–N with tert-alkyl or cyclic N) is 1. The van der Waals surface area contributed by atoms with Crippen LogP contribution in [0.4, 0.5) is 13.2 Å². The average molecular weight is 475 g/mol. The predicted octanol–water partition coefficient (Wildman–Crippen LogP) is 5.29. The minimum absolute atomic E-state index is 0.0442. The normalized spacial score (nSPS) is 15.2. The maximum Gasteiger partial charge on any atom is 0.416 e. The minimum atomic E-state index is -4.51. The Kier molecular flexibility index (Phi) is 7.16. The van der Waals surface area contributed by atoms with Crippen molar-refractivity contribution in [3.8, 4) is 0 Å². The van der Waals surface area contributed by atoms with Gasteiger partial charge in [-0.3, -0.25) is 9.69 Å². The summed E-state index contributed by atoms with van der Waals surface area (Å²) in [6, 6.07) is 8.88. The van der Waals surface area contributed by atoms with E-state index in [1.54, 1.807) is 0 Å². The molecule has 0 fully saturated rings. The average Bonchev–Trinajstić information content (AvgIpc) is 3.04. The Labute approximate surface area is 186 Å². The van der Waals surface area contributed by atoms with Crippen molar-refractivity contribution in [2.45, 2.75) is 25.2 Å². The number of carboxylic acid groups (broad SMARTS) is 1. The number of fused-ring (bicyclic) bond motifs is 3. The molecular weight excluding hydrogens is 456 g/mol. The molecular formula is C21H19Cl2F3N2O3. The third kappa shape index (κ3) is 5.51. The summed E-state index contributed by atoms with van der Waals surface area (Å²) in [6.07, 6.45) is -4.81. The van der Waals surface area contributed by atoms with Crippen molar-refractivity contribution in [1.82, 2.24) is 9.88 Å². The molecule has 3 N–H and O–H groups in total. The second kappa shape index (κ2) is 9.48. The molecule has 1 aromatic heterocycles. The van der Waals surface area contributed by atoms with Crippen molar-refractivity contribution >= 4 is 40.6 Å². The number of H-pyrrole nitrogens is 1. The largest absolute Gasteiger partial charge is 0.483 e. The molecule has 3 aromatic rings. The van der Waals surface area contributed by atoms with Gasteiger partial charge in [0.1, 0.15) is 0 Å². The van der Waals surface area contributed by atoms with Gasteiger partial charge in [0.2, 0.25) is 0 Å². The Morgan fingerprint density at radius 1 is 1.16 bits per heavy atom. The first-order chi connectivity index (χ1) is 14.6. The van der Waals surface area contributed by atoms with E-state index in [0.29, 0.717) is 18.1 Å². The molecule has 1 aliphatic rings. The molecule has 2 heterocycles. The molecule has 2 aromatic carbocycles. The molecule has 1 aliphatic heterocycles. The predicted molar refractivity (Wildman–Crippen MR) is 112 cm³/mol. The van der Waals surface area contributed by atoms with Crippen LogP contribution in [-0.4, -0.2) is 39.7 Å². The Bertz CT molecular complexity index is 1090. The third-order valence-corrected chi connectivity index (χ3v) is 5.53. The van der Waals surface area contributed by atoms with Crippen LogP contribution in [0.15, 0.2) is 36.4 Å². The number of benzene rings is 2. The van der Waals surface area contributed by atoms with Crippen LogP contribution in [0.5, 0.6) is 0 Å². The molecule has 0 bridgehead atoms. The van der Waals surface area contributed by atoms with Gasteiger partial charge in [0.25, 0.3) is 6.47 Å². The highest BCUT2D eigenvalue weighted by Crippen LogP contribution is 2.34. The number of halogens is 5. The molecule has 166 valence electrons. The zero-order valence-electron chi connectivity index (χ0n) is 16.1. The van der Waals surface area contributed by atoms with Crippen LogP contribution in [0.25, 0.3) is 10.9 Å². The number of aromatic nitrogens is 1. The second-order valence-electron chi connectivity index (χ2n) is 7.15. The smallest absolute Gasteiger partial charge is 0.416 e. The number of aliphatic hydroxyl groups is 1. The van der Waals surface area contributed by atoms with Gasteiger partial charge in [-0.1, -0.05) is 23.2 Å². The lowest BCUT2D eigenvalue weighted by Crippen LogP contribution is -2.34. The van der Waals surface area contributed by atoms with E-state index in [2.05, 4.69) is 4.98 Å². The number of hydrogen-bond donors (Lipinski definition) is 3. The molecule has 0 amide bonds. The van der Waals surface area contributed by atoms with Crippen LogP contribution in [0.2, 0.25) is 10.0 Å².